The Bertz CT molecular complexity index is 1320. The van der Waals surface area contributed by atoms with Gasteiger partial charge in [-0.1, -0.05) is 48.5 Å². The van der Waals surface area contributed by atoms with Gasteiger partial charge in [-0.05, 0) is 42.3 Å². The Hall–Kier alpha value is -3.84. The lowest BCUT2D eigenvalue weighted by atomic mass is 10.0. The Morgan fingerprint density at radius 1 is 0.600 bits per heavy atom. The first-order chi connectivity index (χ1) is 16.9. The number of ether oxygens (including phenoxy) is 2. The molecule has 180 valence electrons. The van der Waals surface area contributed by atoms with Gasteiger partial charge >= 0.3 is 0 Å². The van der Waals surface area contributed by atoms with Crippen molar-refractivity contribution in [3.05, 3.63) is 107 Å². The summed E-state index contributed by atoms with van der Waals surface area (Å²) in [6.45, 7) is 1.92. The summed E-state index contributed by atoms with van der Waals surface area (Å²) in [4.78, 5) is 0. The zero-order valence-electron chi connectivity index (χ0n) is 18.8. The number of phenolic OH excluding ortho intramolecular Hbond substituents is 1. The molecule has 0 aromatic heterocycles. The second-order valence-corrected chi connectivity index (χ2v) is 7.80. The van der Waals surface area contributed by atoms with E-state index in [1.165, 1.54) is 48.5 Å². The van der Waals surface area contributed by atoms with Crippen molar-refractivity contribution < 1.29 is 32.1 Å². The molecule has 0 aliphatic heterocycles. The summed E-state index contributed by atoms with van der Waals surface area (Å²) in [6, 6.07) is 17.8. The van der Waals surface area contributed by atoms with E-state index in [1.807, 2.05) is 0 Å². The summed E-state index contributed by atoms with van der Waals surface area (Å²) in [6.07, 6.45) is 0. The molecule has 0 amide bonds. The summed E-state index contributed by atoms with van der Waals surface area (Å²) >= 11 is 0. The summed E-state index contributed by atoms with van der Waals surface area (Å²) in [5.74, 6) is -3.59. The zero-order valence-corrected chi connectivity index (χ0v) is 18.8. The van der Waals surface area contributed by atoms with Crippen LogP contribution >= 0.6 is 0 Å². The minimum Gasteiger partial charge on any atom is -0.508 e. The van der Waals surface area contributed by atoms with Gasteiger partial charge in [-0.2, -0.15) is 0 Å². The van der Waals surface area contributed by atoms with Crippen LogP contribution in [0.2, 0.25) is 0 Å². The van der Waals surface area contributed by atoms with E-state index < -0.39 is 23.3 Å². The molecule has 0 spiro atoms. The van der Waals surface area contributed by atoms with Gasteiger partial charge in [0.15, 0.2) is 23.3 Å². The monoisotopic (exact) mass is 482 g/mol. The number of benzene rings is 4. The van der Waals surface area contributed by atoms with Crippen molar-refractivity contribution in [1.82, 2.24) is 0 Å². The van der Waals surface area contributed by atoms with Crippen LogP contribution in [0.25, 0.3) is 22.3 Å². The van der Waals surface area contributed by atoms with Crippen molar-refractivity contribution in [2.45, 2.75) is 20.1 Å². The quantitative estimate of drug-likeness (QED) is 0.266. The molecule has 0 saturated heterocycles. The Balaban J connectivity index is 1.47. The van der Waals surface area contributed by atoms with Crippen LogP contribution in [0, 0.1) is 23.3 Å². The molecule has 0 aliphatic rings. The summed E-state index contributed by atoms with van der Waals surface area (Å²) < 4.78 is 68.8. The van der Waals surface area contributed by atoms with Crippen molar-refractivity contribution in [2.75, 3.05) is 6.61 Å². The number of aromatic hydroxyl groups is 1. The van der Waals surface area contributed by atoms with E-state index >= 15 is 0 Å². The second kappa shape index (κ2) is 10.6. The van der Waals surface area contributed by atoms with E-state index in [-0.39, 0.29) is 41.2 Å². The van der Waals surface area contributed by atoms with E-state index in [1.54, 1.807) is 31.2 Å². The molecule has 0 aliphatic carbocycles. The lowest BCUT2D eigenvalue weighted by molar-refractivity contribution is 0.131. The van der Waals surface area contributed by atoms with Crippen LogP contribution in [-0.4, -0.2) is 11.7 Å². The maximum Gasteiger partial charge on any atom is 0.167 e. The molecule has 0 radical (unpaired) electrons. The minimum absolute atomic E-state index is 0.0145. The molecule has 0 unspecified atom stereocenters. The largest absolute Gasteiger partial charge is 0.508 e. The summed E-state index contributed by atoms with van der Waals surface area (Å²) in [5.41, 5.74) is 1.18. The smallest absolute Gasteiger partial charge is 0.167 e. The summed E-state index contributed by atoms with van der Waals surface area (Å²) in [5, 5.41) is 9.37. The van der Waals surface area contributed by atoms with Gasteiger partial charge < -0.3 is 14.6 Å². The van der Waals surface area contributed by atoms with Crippen LogP contribution in [0.15, 0.2) is 72.8 Å². The Morgan fingerprint density at radius 3 is 1.60 bits per heavy atom. The van der Waals surface area contributed by atoms with E-state index in [0.717, 1.165) is 0 Å². The number of rotatable bonds is 8. The van der Waals surface area contributed by atoms with Crippen molar-refractivity contribution in [3.63, 3.8) is 0 Å². The number of phenols is 1. The van der Waals surface area contributed by atoms with E-state index in [2.05, 4.69) is 0 Å². The van der Waals surface area contributed by atoms with E-state index in [4.69, 9.17) is 9.47 Å². The van der Waals surface area contributed by atoms with Gasteiger partial charge in [-0.3, -0.25) is 0 Å². The molecule has 35 heavy (non-hydrogen) atoms. The highest BCUT2D eigenvalue weighted by Crippen LogP contribution is 2.30. The topological polar surface area (TPSA) is 38.7 Å². The van der Waals surface area contributed by atoms with Gasteiger partial charge in [0, 0.05) is 28.9 Å². The van der Waals surface area contributed by atoms with Gasteiger partial charge in [-0.15, -0.1) is 0 Å². The Labute approximate surface area is 200 Å². The van der Waals surface area contributed by atoms with E-state index in [0.29, 0.717) is 23.5 Å². The van der Waals surface area contributed by atoms with E-state index in [9.17, 15) is 22.7 Å². The molecule has 0 atom stereocenters. The average Bonchev–Trinajstić information content (AvgIpc) is 2.87. The average molecular weight is 482 g/mol. The van der Waals surface area contributed by atoms with Crippen molar-refractivity contribution in [2.24, 2.45) is 0 Å². The second-order valence-electron chi connectivity index (χ2n) is 7.80. The fourth-order valence-electron chi connectivity index (χ4n) is 3.59. The predicted molar refractivity (Wildman–Crippen MR) is 125 cm³/mol. The Morgan fingerprint density at radius 2 is 1.09 bits per heavy atom. The molecular formula is C28H22F4O3. The third kappa shape index (κ3) is 5.30. The van der Waals surface area contributed by atoms with Gasteiger partial charge in [0.2, 0.25) is 0 Å². The Kier molecular flexibility index (Phi) is 7.36. The number of halogens is 4. The fraction of sp³-hybridized carbons (Fsp3) is 0.143. The molecule has 1 N–H and O–H groups in total. The predicted octanol–water partition coefficient (Wildman–Crippen LogP) is 7.40. The first-order valence-corrected chi connectivity index (χ1v) is 10.9. The highest BCUT2D eigenvalue weighted by Gasteiger charge is 2.17. The van der Waals surface area contributed by atoms with Gasteiger partial charge in [0.1, 0.15) is 18.1 Å². The maximum absolute atomic E-state index is 14.6. The number of hydrogen-bond donors (Lipinski definition) is 1. The zero-order chi connectivity index (χ0) is 24.9. The van der Waals surface area contributed by atoms with Gasteiger partial charge in [-0.25, -0.2) is 17.6 Å². The van der Waals surface area contributed by atoms with Crippen molar-refractivity contribution in [1.29, 1.82) is 0 Å². The molecule has 4 aromatic carbocycles. The normalized spacial score (nSPS) is 11.0. The molecule has 4 aromatic rings. The van der Waals surface area contributed by atoms with Crippen LogP contribution in [0.3, 0.4) is 0 Å². The molecule has 3 nitrogen and oxygen atoms in total. The van der Waals surface area contributed by atoms with Gasteiger partial charge in [0.25, 0.3) is 0 Å². The highest BCUT2D eigenvalue weighted by atomic mass is 19.2. The molecule has 0 heterocycles. The third-order valence-electron chi connectivity index (χ3n) is 5.52. The third-order valence-corrected chi connectivity index (χ3v) is 5.52. The standard InChI is InChI=1S/C28H22F4O3/c1-2-34-15-19-7-13-24(27(31)25(19)29)18-5-11-22(12-6-18)35-16-20-8-14-23(28(32)26(20)30)17-3-9-21(33)10-4-17/h3-14,33H,2,15-16H2,1H3. The number of hydrogen-bond acceptors (Lipinski definition) is 3. The van der Waals surface area contributed by atoms with Crippen molar-refractivity contribution in [3.8, 4) is 33.8 Å². The molecule has 7 heteroatoms. The summed E-state index contributed by atoms with van der Waals surface area (Å²) in [7, 11) is 0. The first kappa shape index (κ1) is 24.3. The molecule has 0 saturated carbocycles. The molecule has 0 fully saturated rings. The highest BCUT2D eigenvalue weighted by molar-refractivity contribution is 5.66. The maximum atomic E-state index is 14.6. The first-order valence-electron chi connectivity index (χ1n) is 10.9. The van der Waals surface area contributed by atoms with Crippen LogP contribution in [0.5, 0.6) is 11.5 Å². The lowest BCUT2D eigenvalue weighted by Crippen LogP contribution is -2.02. The van der Waals surface area contributed by atoms with Crippen molar-refractivity contribution >= 4 is 0 Å². The molecular weight excluding hydrogens is 460 g/mol. The SMILES string of the molecule is CCOCc1ccc(-c2ccc(OCc3ccc(-c4ccc(O)cc4)c(F)c3F)cc2)c(F)c1F. The minimum atomic E-state index is -1.03. The van der Waals surface area contributed by atoms with Crippen LogP contribution in [0.4, 0.5) is 17.6 Å². The van der Waals surface area contributed by atoms with Crippen LogP contribution < -0.4 is 4.74 Å². The van der Waals surface area contributed by atoms with Crippen LogP contribution in [-0.2, 0) is 18.0 Å². The van der Waals surface area contributed by atoms with Gasteiger partial charge in [0.05, 0.1) is 6.61 Å². The molecule has 0 bridgehead atoms. The molecule has 4 rings (SSSR count). The van der Waals surface area contributed by atoms with Crippen LogP contribution in [0.1, 0.15) is 18.1 Å². The lowest BCUT2D eigenvalue weighted by Gasteiger charge is -2.12. The fourth-order valence-corrected chi connectivity index (χ4v) is 3.59.